The van der Waals surface area contributed by atoms with Crippen LogP contribution in [0, 0.1) is 13.8 Å². The van der Waals surface area contributed by atoms with Gasteiger partial charge < -0.3 is 9.84 Å². The van der Waals surface area contributed by atoms with Gasteiger partial charge in [0.25, 0.3) is 0 Å². The zero-order valence-electron chi connectivity index (χ0n) is 11.7. The molecule has 2 unspecified atom stereocenters. The van der Waals surface area contributed by atoms with Crippen molar-refractivity contribution in [2.45, 2.75) is 58.2 Å². The molecule has 1 saturated heterocycles. The Morgan fingerprint density at radius 3 is 2.78 bits per heavy atom. The van der Waals surface area contributed by atoms with E-state index in [2.05, 4.69) is 39.0 Å². The summed E-state index contributed by atoms with van der Waals surface area (Å²) in [4.78, 5) is 0. The van der Waals surface area contributed by atoms with Crippen LogP contribution in [0.3, 0.4) is 0 Å². The smallest absolute Gasteiger partial charge is 0.0734 e. The van der Waals surface area contributed by atoms with Crippen molar-refractivity contribution < 1.29 is 9.84 Å². The van der Waals surface area contributed by atoms with Crippen molar-refractivity contribution >= 4 is 0 Å². The number of hydrogen-bond donors (Lipinski definition) is 1. The van der Waals surface area contributed by atoms with Crippen LogP contribution < -0.4 is 0 Å². The molecule has 0 aromatic heterocycles. The highest BCUT2D eigenvalue weighted by molar-refractivity contribution is 5.30. The van der Waals surface area contributed by atoms with Crippen LogP contribution in [0.5, 0.6) is 0 Å². The summed E-state index contributed by atoms with van der Waals surface area (Å²) in [6.45, 7) is 7.05. The molecular formula is C16H24O2. The number of benzene rings is 1. The largest absolute Gasteiger partial charge is 0.389 e. The maximum atomic E-state index is 10.7. The quantitative estimate of drug-likeness (QED) is 0.890. The van der Waals surface area contributed by atoms with Gasteiger partial charge in [-0.15, -0.1) is 0 Å². The second-order valence-corrected chi connectivity index (χ2v) is 5.67. The molecule has 1 aromatic carbocycles. The van der Waals surface area contributed by atoms with Gasteiger partial charge in [-0.25, -0.2) is 0 Å². The van der Waals surface area contributed by atoms with E-state index in [-0.39, 0.29) is 6.10 Å². The lowest BCUT2D eigenvalue weighted by molar-refractivity contribution is -0.103. The van der Waals surface area contributed by atoms with E-state index in [1.165, 1.54) is 16.7 Å². The second kappa shape index (κ2) is 5.41. The Balaban J connectivity index is 2.09. The fourth-order valence-corrected chi connectivity index (χ4v) is 2.72. The molecule has 0 radical (unpaired) electrons. The molecule has 0 saturated carbocycles. The fraction of sp³-hybridized carbons (Fsp3) is 0.625. The van der Waals surface area contributed by atoms with Gasteiger partial charge in [0.2, 0.25) is 0 Å². The standard InChI is InChI=1S/C16H24O2/c1-4-15-11-16(17,7-8-18-15)10-14-6-5-12(2)13(3)9-14/h5-6,9,15,17H,4,7-8,10-11H2,1-3H3. The Morgan fingerprint density at radius 1 is 1.33 bits per heavy atom. The van der Waals surface area contributed by atoms with Crippen molar-refractivity contribution in [2.75, 3.05) is 6.61 Å². The van der Waals surface area contributed by atoms with Crippen LogP contribution in [0.25, 0.3) is 0 Å². The van der Waals surface area contributed by atoms with E-state index in [1.807, 2.05) is 0 Å². The monoisotopic (exact) mass is 248 g/mol. The van der Waals surface area contributed by atoms with E-state index < -0.39 is 5.60 Å². The molecule has 0 amide bonds. The van der Waals surface area contributed by atoms with Gasteiger partial charge in [0, 0.05) is 19.4 Å². The highest BCUT2D eigenvalue weighted by Crippen LogP contribution is 2.30. The third kappa shape index (κ3) is 3.12. The average Bonchev–Trinajstić information content (AvgIpc) is 2.33. The molecule has 1 aromatic rings. The van der Waals surface area contributed by atoms with Gasteiger partial charge in [0.1, 0.15) is 0 Å². The van der Waals surface area contributed by atoms with Crippen LogP contribution in [0.1, 0.15) is 42.9 Å². The number of aryl methyl sites for hydroxylation is 2. The predicted octanol–water partition coefficient (Wildman–Crippen LogP) is 3.17. The molecule has 0 bridgehead atoms. The Bertz CT molecular complexity index is 414. The second-order valence-electron chi connectivity index (χ2n) is 5.67. The first-order valence-corrected chi connectivity index (χ1v) is 6.92. The first-order chi connectivity index (χ1) is 8.52. The van der Waals surface area contributed by atoms with Crippen molar-refractivity contribution in [1.29, 1.82) is 0 Å². The highest BCUT2D eigenvalue weighted by atomic mass is 16.5. The SMILES string of the molecule is CCC1CC(O)(Cc2ccc(C)c(C)c2)CCO1. The van der Waals surface area contributed by atoms with Crippen LogP contribution in [-0.2, 0) is 11.2 Å². The lowest BCUT2D eigenvalue weighted by Crippen LogP contribution is -2.42. The zero-order chi connectivity index (χ0) is 13.2. The highest BCUT2D eigenvalue weighted by Gasteiger charge is 2.34. The first kappa shape index (κ1) is 13.6. The minimum Gasteiger partial charge on any atom is -0.389 e. The minimum absolute atomic E-state index is 0.218. The molecule has 1 aliphatic heterocycles. The van der Waals surface area contributed by atoms with Crippen molar-refractivity contribution in [3.63, 3.8) is 0 Å². The van der Waals surface area contributed by atoms with Crippen LogP contribution in [0.4, 0.5) is 0 Å². The summed E-state index contributed by atoms with van der Waals surface area (Å²) in [5.74, 6) is 0. The lowest BCUT2D eigenvalue weighted by atomic mass is 9.83. The molecule has 2 atom stereocenters. The normalized spacial score (nSPS) is 28.3. The summed E-state index contributed by atoms with van der Waals surface area (Å²) < 4.78 is 5.64. The molecule has 1 fully saturated rings. The molecule has 2 nitrogen and oxygen atoms in total. The van der Waals surface area contributed by atoms with E-state index in [9.17, 15) is 5.11 Å². The van der Waals surface area contributed by atoms with Crippen molar-refractivity contribution in [2.24, 2.45) is 0 Å². The van der Waals surface area contributed by atoms with Gasteiger partial charge in [-0.3, -0.25) is 0 Å². The number of rotatable bonds is 3. The summed E-state index contributed by atoms with van der Waals surface area (Å²) in [6, 6.07) is 6.48. The Labute approximate surface area is 110 Å². The Kier molecular flexibility index (Phi) is 4.08. The topological polar surface area (TPSA) is 29.5 Å². The molecule has 1 aliphatic rings. The maximum absolute atomic E-state index is 10.7. The van der Waals surface area contributed by atoms with E-state index in [1.54, 1.807) is 0 Å². The van der Waals surface area contributed by atoms with Gasteiger partial charge >= 0.3 is 0 Å². The van der Waals surface area contributed by atoms with E-state index in [0.717, 1.165) is 25.7 Å². The Morgan fingerprint density at radius 2 is 2.11 bits per heavy atom. The van der Waals surface area contributed by atoms with Crippen LogP contribution in [-0.4, -0.2) is 23.4 Å². The number of aliphatic hydroxyl groups is 1. The molecule has 2 heteroatoms. The van der Waals surface area contributed by atoms with Crippen molar-refractivity contribution in [3.05, 3.63) is 34.9 Å². The fourth-order valence-electron chi connectivity index (χ4n) is 2.72. The summed E-state index contributed by atoms with van der Waals surface area (Å²) in [7, 11) is 0. The van der Waals surface area contributed by atoms with Crippen molar-refractivity contribution in [1.82, 2.24) is 0 Å². The van der Waals surface area contributed by atoms with Gasteiger partial charge in [-0.05, 0) is 43.4 Å². The first-order valence-electron chi connectivity index (χ1n) is 6.92. The van der Waals surface area contributed by atoms with E-state index in [0.29, 0.717) is 6.61 Å². The number of hydrogen-bond acceptors (Lipinski definition) is 2. The van der Waals surface area contributed by atoms with E-state index in [4.69, 9.17) is 4.74 Å². The third-order valence-electron chi connectivity index (χ3n) is 4.09. The summed E-state index contributed by atoms with van der Waals surface area (Å²) in [6.07, 6.45) is 3.45. The molecule has 1 N–H and O–H groups in total. The molecule has 1 heterocycles. The average molecular weight is 248 g/mol. The Hall–Kier alpha value is -0.860. The molecule has 0 spiro atoms. The van der Waals surface area contributed by atoms with Crippen LogP contribution >= 0.6 is 0 Å². The number of ether oxygens (including phenoxy) is 1. The van der Waals surface area contributed by atoms with Gasteiger partial charge in [0.15, 0.2) is 0 Å². The van der Waals surface area contributed by atoms with Gasteiger partial charge in [-0.2, -0.15) is 0 Å². The molecule has 18 heavy (non-hydrogen) atoms. The molecule has 0 aliphatic carbocycles. The summed E-state index contributed by atoms with van der Waals surface area (Å²) in [5.41, 5.74) is 3.26. The zero-order valence-corrected chi connectivity index (χ0v) is 11.7. The minimum atomic E-state index is -0.583. The summed E-state index contributed by atoms with van der Waals surface area (Å²) >= 11 is 0. The predicted molar refractivity (Wildman–Crippen MR) is 73.8 cm³/mol. The van der Waals surface area contributed by atoms with Crippen LogP contribution in [0.2, 0.25) is 0 Å². The molecule has 2 rings (SSSR count). The van der Waals surface area contributed by atoms with Gasteiger partial charge in [-0.1, -0.05) is 25.1 Å². The van der Waals surface area contributed by atoms with Gasteiger partial charge in [0.05, 0.1) is 11.7 Å². The van der Waals surface area contributed by atoms with Crippen molar-refractivity contribution in [3.8, 4) is 0 Å². The van der Waals surface area contributed by atoms with Crippen LogP contribution in [0.15, 0.2) is 18.2 Å². The molecule has 100 valence electrons. The molecular weight excluding hydrogens is 224 g/mol. The lowest BCUT2D eigenvalue weighted by Gasteiger charge is -2.37. The van der Waals surface area contributed by atoms with E-state index >= 15 is 0 Å². The third-order valence-corrected chi connectivity index (χ3v) is 4.09. The maximum Gasteiger partial charge on any atom is 0.0734 e. The summed E-state index contributed by atoms with van der Waals surface area (Å²) in [5, 5.41) is 10.7.